The Hall–Kier alpha value is -3.67. The minimum absolute atomic E-state index is 0.00606. The van der Waals surface area contributed by atoms with Crippen LogP contribution in [0.25, 0.3) is 11.8 Å². The lowest BCUT2D eigenvalue weighted by Crippen LogP contribution is -2.46. The Bertz CT molecular complexity index is 1110. The molecule has 0 unspecified atom stereocenters. The van der Waals surface area contributed by atoms with Gasteiger partial charge in [0.15, 0.2) is 0 Å². The van der Waals surface area contributed by atoms with E-state index in [1.807, 2.05) is 29.2 Å². The fourth-order valence-corrected chi connectivity index (χ4v) is 4.21. The zero-order valence-electron chi connectivity index (χ0n) is 18.5. The Morgan fingerprint density at radius 1 is 1.06 bits per heavy atom. The van der Waals surface area contributed by atoms with Gasteiger partial charge >= 0.3 is 0 Å². The number of amides is 2. The number of carbonyl (C=O) groups is 2. The SMILES string of the molecule is Cc1cc(/C=C/C(=O)N2CCC(NC(=O)c3cccnc3)CC2)c(C)n1-c1ccccc1. The summed E-state index contributed by atoms with van der Waals surface area (Å²) < 4.78 is 2.20. The Labute approximate surface area is 188 Å². The van der Waals surface area contributed by atoms with Gasteiger partial charge in [-0.1, -0.05) is 18.2 Å². The summed E-state index contributed by atoms with van der Waals surface area (Å²) >= 11 is 0. The van der Waals surface area contributed by atoms with E-state index in [1.54, 1.807) is 30.6 Å². The highest BCUT2D eigenvalue weighted by Gasteiger charge is 2.23. The number of pyridine rings is 1. The molecule has 0 aliphatic carbocycles. The number of benzene rings is 1. The van der Waals surface area contributed by atoms with Gasteiger partial charge in [0.05, 0.1) is 5.56 Å². The van der Waals surface area contributed by atoms with E-state index in [9.17, 15) is 9.59 Å². The first-order valence-corrected chi connectivity index (χ1v) is 10.9. The topological polar surface area (TPSA) is 67.2 Å². The van der Waals surface area contributed by atoms with Crippen LogP contribution in [0.15, 0.2) is 67.0 Å². The highest BCUT2D eigenvalue weighted by atomic mass is 16.2. The predicted molar refractivity (Wildman–Crippen MR) is 126 cm³/mol. The summed E-state index contributed by atoms with van der Waals surface area (Å²) in [6.45, 7) is 5.40. The molecule has 0 saturated carbocycles. The first-order chi connectivity index (χ1) is 15.5. The Morgan fingerprint density at radius 2 is 1.81 bits per heavy atom. The summed E-state index contributed by atoms with van der Waals surface area (Å²) in [5.74, 6) is -0.108. The molecule has 1 aliphatic rings. The maximum atomic E-state index is 12.7. The predicted octanol–water partition coefficient (Wildman–Crippen LogP) is 3.92. The Morgan fingerprint density at radius 3 is 2.50 bits per heavy atom. The largest absolute Gasteiger partial charge is 0.349 e. The zero-order chi connectivity index (χ0) is 22.5. The van der Waals surface area contributed by atoms with Gasteiger partial charge in [0.2, 0.25) is 5.91 Å². The third-order valence-electron chi connectivity index (χ3n) is 5.96. The molecule has 0 spiro atoms. The molecule has 3 heterocycles. The van der Waals surface area contributed by atoms with E-state index in [0.717, 1.165) is 35.5 Å². The Balaban J connectivity index is 1.34. The second kappa shape index (κ2) is 9.64. The molecule has 3 aromatic rings. The maximum absolute atomic E-state index is 12.7. The molecular weight excluding hydrogens is 400 g/mol. The van der Waals surface area contributed by atoms with Crippen LogP contribution in [0.1, 0.15) is 40.2 Å². The molecule has 32 heavy (non-hydrogen) atoms. The average Bonchev–Trinajstić information content (AvgIpc) is 3.12. The van der Waals surface area contributed by atoms with Crippen LogP contribution in [0.4, 0.5) is 0 Å². The number of hydrogen-bond acceptors (Lipinski definition) is 3. The quantitative estimate of drug-likeness (QED) is 0.627. The molecule has 1 N–H and O–H groups in total. The lowest BCUT2D eigenvalue weighted by molar-refractivity contribution is -0.126. The highest BCUT2D eigenvalue weighted by Crippen LogP contribution is 2.22. The molecule has 4 rings (SSSR count). The second-order valence-electron chi connectivity index (χ2n) is 8.15. The van der Waals surface area contributed by atoms with Crippen molar-refractivity contribution in [3.05, 3.63) is 89.5 Å². The van der Waals surface area contributed by atoms with Crippen LogP contribution in [0.3, 0.4) is 0 Å². The average molecular weight is 429 g/mol. The number of rotatable bonds is 5. The van der Waals surface area contributed by atoms with Crippen LogP contribution in [-0.2, 0) is 4.79 Å². The lowest BCUT2D eigenvalue weighted by Gasteiger charge is -2.31. The van der Waals surface area contributed by atoms with Crippen LogP contribution in [0.2, 0.25) is 0 Å². The number of hydrogen-bond donors (Lipinski definition) is 1. The van der Waals surface area contributed by atoms with E-state index in [0.29, 0.717) is 18.7 Å². The highest BCUT2D eigenvalue weighted by molar-refractivity contribution is 5.94. The standard InChI is InChI=1S/C26H28N4O2/c1-19-17-21(20(2)30(19)24-8-4-3-5-9-24)10-11-25(31)29-15-12-23(13-16-29)28-26(32)22-7-6-14-27-18-22/h3-11,14,17-18,23H,12-13,15-16H2,1-2H3,(H,28,32)/b11-10+. The van der Waals surface area contributed by atoms with Crippen molar-refractivity contribution in [2.24, 2.45) is 0 Å². The minimum atomic E-state index is -0.114. The number of aryl methyl sites for hydroxylation is 1. The molecule has 1 fully saturated rings. The summed E-state index contributed by atoms with van der Waals surface area (Å²) in [6, 6.07) is 15.9. The van der Waals surface area contributed by atoms with E-state index in [-0.39, 0.29) is 17.9 Å². The van der Waals surface area contributed by atoms with Gasteiger partial charge in [-0.25, -0.2) is 0 Å². The van der Waals surface area contributed by atoms with E-state index in [2.05, 4.69) is 46.9 Å². The van der Waals surface area contributed by atoms with Crippen molar-refractivity contribution < 1.29 is 9.59 Å². The summed E-state index contributed by atoms with van der Waals surface area (Å²) in [7, 11) is 0. The van der Waals surface area contributed by atoms with Gasteiger partial charge < -0.3 is 14.8 Å². The minimum Gasteiger partial charge on any atom is -0.349 e. The zero-order valence-corrected chi connectivity index (χ0v) is 18.5. The number of likely N-dealkylation sites (tertiary alicyclic amines) is 1. The summed E-state index contributed by atoms with van der Waals surface area (Å²) in [6.07, 6.45) is 8.26. The van der Waals surface area contributed by atoms with Gasteiger partial charge in [-0.05, 0) is 68.7 Å². The molecular formula is C26H28N4O2. The number of para-hydroxylation sites is 1. The smallest absolute Gasteiger partial charge is 0.253 e. The van der Waals surface area contributed by atoms with E-state index in [1.165, 1.54) is 0 Å². The molecule has 0 radical (unpaired) electrons. The number of aromatic nitrogens is 2. The van der Waals surface area contributed by atoms with Crippen LogP contribution >= 0.6 is 0 Å². The summed E-state index contributed by atoms with van der Waals surface area (Å²) in [4.78, 5) is 30.9. The number of piperidine rings is 1. The van der Waals surface area contributed by atoms with Crippen molar-refractivity contribution in [2.75, 3.05) is 13.1 Å². The Kier molecular flexibility index (Phi) is 6.50. The van der Waals surface area contributed by atoms with Crippen LogP contribution in [-0.4, -0.2) is 45.4 Å². The third kappa shape index (κ3) is 4.80. The normalized spacial score (nSPS) is 14.6. The number of nitrogens with one attached hydrogen (secondary N) is 1. The molecule has 2 amide bonds. The van der Waals surface area contributed by atoms with Crippen molar-refractivity contribution in [3.8, 4) is 5.69 Å². The lowest BCUT2D eigenvalue weighted by atomic mass is 10.0. The van der Waals surface area contributed by atoms with Crippen molar-refractivity contribution in [2.45, 2.75) is 32.7 Å². The molecule has 6 heteroatoms. The number of nitrogens with zero attached hydrogens (tertiary/aromatic N) is 3. The first kappa shape index (κ1) is 21.6. The maximum Gasteiger partial charge on any atom is 0.253 e. The van der Waals surface area contributed by atoms with Crippen LogP contribution < -0.4 is 5.32 Å². The fourth-order valence-electron chi connectivity index (χ4n) is 4.21. The molecule has 0 atom stereocenters. The summed E-state index contributed by atoms with van der Waals surface area (Å²) in [5, 5.41) is 3.05. The van der Waals surface area contributed by atoms with E-state index >= 15 is 0 Å². The first-order valence-electron chi connectivity index (χ1n) is 10.9. The molecule has 6 nitrogen and oxygen atoms in total. The molecule has 2 aromatic heterocycles. The van der Waals surface area contributed by atoms with Crippen molar-refractivity contribution in [3.63, 3.8) is 0 Å². The van der Waals surface area contributed by atoms with E-state index in [4.69, 9.17) is 0 Å². The van der Waals surface area contributed by atoms with Crippen molar-refractivity contribution >= 4 is 17.9 Å². The van der Waals surface area contributed by atoms with Crippen molar-refractivity contribution in [1.29, 1.82) is 0 Å². The van der Waals surface area contributed by atoms with Gasteiger partial charge in [-0.2, -0.15) is 0 Å². The fraction of sp³-hybridized carbons (Fsp3) is 0.269. The second-order valence-corrected chi connectivity index (χ2v) is 8.15. The molecule has 164 valence electrons. The van der Waals surface area contributed by atoms with Gasteiger partial charge in [0.25, 0.3) is 5.91 Å². The third-order valence-corrected chi connectivity index (χ3v) is 5.96. The number of carbonyl (C=O) groups excluding carboxylic acids is 2. The molecule has 1 aliphatic heterocycles. The van der Waals surface area contributed by atoms with Crippen LogP contribution in [0.5, 0.6) is 0 Å². The van der Waals surface area contributed by atoms with Crippen LogP contribution in [0, 0.1) is 13.8 Å². The molecule has 0 bridgehead atoms. The summed E-state index contributed by atoms with van der Waals surface area (Å²) in [5.41, 5.74) is 4.95. The van der Waals surface area contributed by atoms with E-state index < -0.39 is 0 Å². The van der Waals surface area contributed by atoms with Crippen molar-refractivity contribution in [1.82, 2.24) is 19.8 Å². The molecule has 1 saturated heterocycles. The molecule has 1 aromatic carbocycles. The van der Waals surface area contributed by atoms with Gasteiger partial charge in [0, 0.05) is 54.7 Å². The monoisotopic (exact) mass is 428 g/mol. The van der Waals surface area contributed by atoms with Gasteiger partial charge in [0.1, 0.15) is 0 Å². The van der Waals surface area contributed by atoms with Gasteiger partial charge in [-0.3, -0.25) is 14.6 Å². The van der Waals surface area contributed by atoms with Gasteiger partial charge in [-0.15, -0.1) is 0 Å².